The Morgan fingerprint density at radius 1 is 1.14 bits per heavy atom. The normalized spacial score (nSPS) is 25.8. The Labute approximate surface area is 122 Å². The predicted octanol–water partition coefficient (Wildman–Crippen LogP) is 1.52. The van der Waals surface area contributed by atoms with Crippen LogP contribution in [0.4, 0.5) is 0 Å². The van der Waals surface area contributed by atoms with Gasteiger partial charge in [-0.1, -0.05) is 13.8 Å². The molecule has 21 heavy (non-hydrogen) atoms. The summed E-state index contributed by atoms with van der Waals surface area (Å²) in [6, 6.07) is 6.64. The molecular weight excluding hydrogens is 270 g/mol. The van der Waals surface area contributed by atoms with Crippen LogP contribution in [0.15, 0.2) is 24.3 Å². The van der Waals surface area contributed by atoms with Crippen LogP contribution < -0.4 is 4.74 Å². The lowest BCUT2D eigenvalue weighted by molar-refractivity contribution is -0.142. The molecule has 1 saturated carbocycles. The highest BCUT2D eigenvalue weighted by atomic mass is 16.5. The molecule has 5 heteroatoms. The van der Waals surface area contributed by atoms with Crippen LogP contribution in [0, 0.1) is 17.3 Å². The number of ketones is 1. The number of piperidine rings is 1. The number of fused-ring (bicyclic) bond motifs is 1. The lowest BCUT2D eigenvalue weighted by Gasteiger charge is -2.19. The van der Waals surface area contributed by atoms with Gasteiger partial charge in [-0.2, -0.15) is 0 Å². The summed E-state index contributed by atoms with van der Waals surface area (Å²) in [5.41, 5.74) is 0.227. The molecule has 2 amide bonds. The molecule has 1 aromatic rings. The van der Waals surface area contributed by atoms with Gasteiger partial charge in [-0.3, -0.25) is 19.3 Å². The van der Waals surface area contributed by atoms with E-state index >= 15 is 0 Å². The molecule has 2 aliphatic rings. The smallest absolute Gasteiger partial charge is 0.234 e. The number of rotatable bonds is 4. The van der Waals surface area contributed by atoms with Crippen molar-refractivity contribution >= 4 is 17.6 Å². The molecule has 1 aliphatic heterocycles. The van der Waals surface area contributed by atoms with Crippen molar-refractivity contribution in [1.82, 2.24) is 4.90 Å². The zero-order valence-corrected chi connectivity index (χ0v) is 12.3. The SMILES string of the molecule is COc1ccc(C(=O)CN2C(=O)C3C(C2=O)C3(C)C)cc1. The number of imide groups is 1. The Hall–Kier alpha value is -2.17. The van der Waals surface area contributed by atoms with Crippen molar-refractivity contribution in [3.05, 3.63) is 29.8 Å². The predicted molar refractivity (Wildman–Crippen MR) is 74.8 cm³/mol. The zero-order valence-electron chi connectivity index (χ0n) is 12.3. The van der Waals surface area contributed by atoms with Crippen molar-refractivity contribution in [2.24, 2.45) is 17.3 Å². The molecule has 2 fully saturated rings. The highest BCUT2D eigenvalue weighted by Crippen LogP contribution is 2.63. The van der Waals surface area contributed by atoms with Gasteiger partial charge in [0.2, 0.25) is 11.8 Å². The molecular formula is C16H17NO4. The Bertz CT molecular complexity index is 608. The monoisotopic (exact) mass is 287 g/mol. The molecule has 1 aromatic carbocycles. The first-order valence-corrected chi connectivity index (χ1v) is 6.90. The molecule has 110 valence electrons. The minimum Gasteiger partial charge on any atom is -0.497 e. The highest BCUT2D eigenvalue weighted by molar-refractivity contribution is 6.13. The maximum Gasteiger partial charge on any atom is 0.234 e. The van der Waals surface area contributed by atoms with Gasteiger partial charge in [0, 0.05) is 5.56 Å². The highest BCUT2D eigenvalue weighted by Gasteiger charge is 2.72. The van der Waals surface area contributed by atoms with Crippen LogP contribution in [0.3, 0.4) is 0 Å². The van der Waals surface area contributed by atoms with Crippen molar-refractivity contribution < 1.29 is 19.1 Å². The van der Waals surface area contributed by atoms with E-state index < -0.39 is 0 Å². The second kappa shape index (κ2) is 4.41. The van der Waals surface area contributed by atoms with Gasteiger partial charge in [0.15, 0.2) is 5.78 Å². The summed E-state index contributed by atoms with van der Waals surface area (Å²) in [5, 5.41) is 0. The lowest BCUT2D eigenvalue weighted by atomic mass is 10.0. The van der Waals surface area contributed by atoms with Crippen LogP contribution in [0.5, 0.6) is 5.75 Å². The van der Waals surface area contributed by atoms with E-state index in [4.69, 9.17) is 4.74 Å². The second-order valence-corrected chi connectivity index (χ2v) is 6.19. The van der Waals surface area contributed by atoms with E-state index in [2.05, 4.69) is 0 Å². The van der Waals surface area contributed by atoms with Crippen molar-refractivity contribution in [2.45, 2.75) is 13.8 Å². The molecule has 0 N–H and O–H groups in total. The number of likely N-dealkylation sites (tertiary alicyclic amines) is 1. The van der Waals surface area contributed by atoms with Gasteiger partial charge in [0.25, 0.3) is 0 Å². The number of carbonyl (C=O) groups excluding carboxylic acids is 3. The molecule has 1 aliphatic carbocycles. The van der Waals surface area contributed by atoms with Crippen LogP contribution in [0.25, 0.3) is 0 Å². The summed E-state index contributed by atoms with van der Waals surface area (Å²) in [5.74, 6) is -0.489. The van der Waals surface area contributed by atoms with Crippen LogP contribution in [0.2, 0.25) is 0 Å². The van der Waals surface area contributed by atoms with E-state index in [1.807, 2.05) is 13.8 Å². The summed E-state index contributed by atoms with van der Waals surface area (Å²) in [6.07, 6.45) is 0. The lowest BCUT2D eigenvalue weighted by Crippen LogP contribution is -2.39. The van der Waals surface area contributed by atoms with Gasteiger partial charge in [-0.05, 0) is 29.7 Å². The van der Waals surface area contributed by atoms with Crippen LogP contribution in [-0.4, -0.2) is 36.2 Å². The Morgan fingerprint density at radius 3 is 2.14 bits per heavy atom. The molecule has 2 atom stereocenters. The number of carbonyl (C=O) groups is 3. The number of benzene rings is 1. The van der Waals surface area contributed by atoms with Crippen molar-refractivity contribution in [2.75, 3.05) is 13.7 Å². The standard InChI is InChI=1S/C16H17NO4/c1-16(2)12-13(16)15(20)17(14(12)19)8-11(18)9-4-6-10(21-3)7-5-9/h4-7,12-13H,8H2,1-3H3. The first kappa shape index (κ1) is 13.8. The van der Waals surface area contributed by atoms with Crippen LogP contribution in [0.1, 0.15) is 24.2 Å². The summed E-state index contributed by atoms with van der Waals surface area (Å²) in [4.78, 5) is 37.6. The molecule has 2 unspecified atom stereocenters. The number of ether oxygens (including phenoxy) is 1. The summed E-state index contributed by atoms with van der Waals surface area (Å²) >= 11 is 0. The second-order valence-electron chi connectivity index (χ2n) is 6.19. The van der Waals surface area contributed by atoms with Gasteiger partial charge in [0.1, 0.15) is 5.75 Å². The fraction of sp³-hybridized carbons (Fsp3) is 0.438. The number of nitrogens with zero attached hydrogens (tertiary/aromatic N) is 1. The number of hydrogen-bond donors (Lipinski definition) is 0. The number of Topliss-reactive ketones (excluding diaryl/α,β-unsaturated/α-hetero) is 1. The molecule has 0 spiro atoms. The third kappa shape index (κ3) is 1.95. The minimum atomic E-state index is -0.242. The number of hydrogen-bond acceptors (Lipinski definition) is 4. The quantitative estimate of drug-likeness (QED) is 0.622. The maximum atomic E-state index is 12.2. The van der Waals surface area contributed by atoms with E-state index in [-0.39, 0.29) is 41.4 Å². The van der Waals surface area contributed by atoms with E-state index in [9.17, 15) is 14.4 Å². The van der Waals surface area contributed by atoms with Crippen LogP contribution >= 0.6 is 0 Å². The first-order valence-electron chi connectivity index (χ1n) is 6.90. The minimum absolute atomic E-state index is 0.174. The van der Waals surface area contributed by atoms with Gasteiger partial charge in [-0.25, -0.2) is 0 Å². The van der Waals surface area contributed by atoms with E-state index in [1.54, 1.807) is 31.4 Å². The van der Waals surface area contributed by atoms with Crippen molar-refractivity contribution in [1.29, 1.82) is 0 Å². The van der Waals surface area contributed by atoms with Gasteiger partial charge in [-0.15, -0.1) is 0 Å². The molecule has 0 bridgehead atoms. The summed E-state index contributed by atoms with van der Waals surface area (Å²) in [7, 11) is 1.55. The molecule has 0 radical (unpaired) electrons. The average Bonchev–Trinajstić information content (AvgIpc) is 2.95. The van der Waals surface area contributed by atoms with Crippen molar-refractivity contribution in [3.8, 4) is 5.75 Å². The molecule has 3 rings (SSSR count). The van der Waals surface area contributed by atoms with Gasteiger partial charge in [0.05, 0.1) is 25.5 Å². The third-order valence-corrected chi connectivity index (χ3v) is 4.61. The fourth-order valence-electron chi connectivity index (χ4n) is 3.17. The Balaban J connectivity index is 1.71. The molecule has 1 saturated heterocycles. The summed E-state index contributed by atoms with van der Waals surface area (Å²) < 4.78 is 5.03. The number of amides is 2. The topological polar surface area (TPSA) is 63.7 Å². The average molecular weight is 287 g/mol. The third-order valence-electron chi connectivity index (χ3n) is 4.61. The number of methoxy groups -OCH3 is 1. The largest absolute Gasteiger partial charge is 0.497 e. The first-order chi connectivity index (χ1) is 9.87. The Morgan fingerprint density at radius 2 is 1.67 bits per heavy atom. The van der Waals surface area contributed by atoms with Crippen LogP contribution in [-0.2, 0) is 9.59 Å². The van der Waals surface area contributed by atoms with Crippen molar-refractivity contribution in [3.63, 3.8) is 0 Å². The molecule has 5 nitrogen and oxygen atoms in total. The summed E-state index contributed by atoms with van der Waals surface area (Å²) in [6.45, 7) is 3.66. The van der Waals surface area contributed by atoms with Gasteiger partial charge < -0.3 is 4.74 Å². The maximum absolute atomic E-state index is 12.2. The van der Waals surface area contributed by atoms with E-state index in [0.29, 0.717) is 11.3 Å². The molecule has 0 aromatic heterocycles. The zero-order chi connectivity index (χ0) is 15.4. The Kier molecular flexibility index (Phi) is 2.90. The van der Waals surface area contributed by atoms with E-state index in [0.717, 1.165) is 4.90 Å². The van der Waals surface area contributed by atoms with E-state index in [1.165, 1.54) is 0 Å². The fourth-order valence-corrected chi connectivity index (χ4v) is 3.17. The van der Waals surface area contributed by atoms with Gasteiger partial charge >= 0.3 is 0 Å². The molecule has 1 heterocycles.